The van der Waals surface area contributed by atoms with Gasteiger partial charge in [0.2, 0.25) is 5.91 Å². The van der Waals surface area contributed by atoms with Gasteiger partial charge in [-0.3, -0.25) is 19.7 Å². The van der Waals surface area contributed by atoms with Gasteiger partial charge in [-0.2, -0.15) is 0 Å². The van der Waals surface area contributed by atoms with E-state index in [-0.39, 0.29) is 24.4 Å². The second-order valence-electron chi connectivity index (χ2n) is 6.89. The van der Waals surface area contributed by atoms with E-state index in [1.165, 1.54) is 31.4 Å². The third kappa shape index (κ3) is 7.15. The fraction of sp³-hybridized carbons (Fsp3) is 0.526. The van der Waals surface area contributed by atoms with Crippen molar-refractivity contribution in [1.82, 2.24) is 5.32 Å². The first-order chi connectivity index (χ1) is 13.6. The number of esters is 2. The number of nitrogens with zero attached hydrogens (tertiary/aromatic N) is 1. The Hall–Kier alpha value is -3.01. The molecule has 0 heterocycles. The van der Waals surface area contributed by atoms with E-state index in [0.717, 1.165) is 7.11 Å². The first kappa shape index (κ1) is 24.0. The van der Waals surface area contributed by atoms with E-state index in [2.05, 4.69) is 10.1 Å². The van der Waals surface area contributed by atoms with Crippen LogP contribution in [0.4, 0.5) is 5.69 Å². The first-order valence-electron chi connectivity index (χ1n) is 8.98. The molecule has 1 amide bonds. The van der Waals surface area contributed by atoms with Gasteiger partial charge in [-0.1, -0.05) is 26.0 Å². The third-order valence-corrected chi connectivity index (χ3v) is 4.30. The molecule has 0 saturated carbocycles. The fourth-order valence-corrected chi connectivity index (χ4v) is 2.79. The maximum absolute atomic E-state index is 12.4. The van der Waals surface area contributed by atoms with E-state index in [9.17, 15) is 29.6 Å². The average molecular weight is 410 g/mol. The maximum atomic E-state index is 12.4. The maximum Gasteiger partial charge on any atom is 0.329 e. The van der Waals surface area contributed by atoms with Crippen LogP contribution in [0.3, 0.4) is 0 Å². The van der Waals surface area contributed by atoms with Crippen LogP contribution >= 0.6 is 0 Å². The number of aliphatic hydroxyl groups excluding tert-OH is 1. The summed E-state index contributed by atoms with van der Waals surface area (Å²) in [6.07, 6.45) is -1.47. The molecular formula is C19H26N2O8. The predicted molar refractivity (Wildman–Crippen MR) is 102 cm³/mol. The SMILES string of the molecule is COC(=O)C[C@@H](c1ccc([N+](=O)[O-])cc1)[C@@H](NC(=O)[C@H](O)CC(C)C)C(=O)OC. The molecule has 1 aromatic carbocycles. The smallest absolute Gasteiger partial charge is 0.329 e. The number of rotatable bonds is 10. The summed E-state index contributed by atoms with van der Waals surface area (Å²) in [5.41, 5.74) is 0.214. The molecule has 2 N–H and O–H groups in total. The summed E-state index contributed by atoms with van der Waals surface area (Å²) in [6.45, 7) is 3.65. The largest absolute Gasteiger partial charge is 0.469 e. The highest BCUT2D eigenvalue weighted by Gasteiger charge is 2.35. The highest BCUT2D eigenvalue weighted by atomic mass is 16.6. The third-order valence-electron chi connectivity index (χ3n) is 4.30. The predicted octanol–water partition coefficient (Wildman–Crippen LogP) is 1.31. The van der Waals surface area contributed by atoms with Crippen molar-refractivity contribution in [2.45, 2.75) is 44.8 Å². The number of nitro benzene ring substituents is 1. The van der Waals surface area contributed by atoms with E-state index in [4.69, 9.17) is 4.74 Å². The molecule has 0 aromatic heterocycles. The molecule has 0 aliphatic heterocycles. The summed E-state index contributed by atoms with van der Waals surface area (Å²) < 4.78 is 9.43. The Morgan fingerprint density at radius 3 is 2.17 bits per heavy atom. The Balaban J connectivity index is 3.25. The number of ether oxygens (including phenoxy) is 2. The molecule has 1 rings (SSSR count). The monoisotopic (exact) mass is 410 g/mol. The number of hydrogen-bond acceptors (Lipinski definition) is 8. The van der Waals surface area contributed by atoms with Crippen molar-refractivity contribution >= 4 is 23.5 Å². The zero-order chi connectivity index (χ0) is 22.1. The number of carbonyl (C=O) groups excluding carboxylic acids is 3. The van der Waals surface area contributed by atoms with Gasteiger partial charge in [0.15, 0.2) is 0 Å². The molecule has 0 aliphatic rings. The highest BCUT2D eigenvalue weighted by Crippen LogP contribution is 2.27. The van der Waals surface area contributed by atoms with Crippen molar-refractivity contribution in [3.8, 4) is 0 Å². The zero-order valence-electron chi connectivity index (χ0n) is 16.8. The van der Waals surface area contributed by atoms with Crippen LogP contribution in [0.2, 0.25) is 0 Å². The molecular weight excluding hydrogens is 384 g/mol. The molecule has 0 aliphatic carbocycles. The summed E-state index contributed by atoms with van der Waals surface area (Å²) in [7, 11) is 2.30. The van der Waals surface area contributed by atoms with Crippen LogP contribution in [0.15, 0.2) is 24.3 Å². The van der Waals surface area contributed by atoms with Gasteiger partial charge in [0.1, 0.15) is 12.1 Å². The Kier molecular flexibility index (Phi) is 9.20. The second kappa shape index (κ2) is 11.1. The number of nitro groups is 1. The van der Waals surface area contributed by atoms with Gasteiger partial charge >= 0.3 is 11.9 Å². The van der Waals surface area contributed by atoms with Crippen LogP contribution in [0.1, 0.15) is 38.2 Å². The summed E-state index contributed by atoms with van der Waals surface area (Å²) in [5.74, 6) is -3.16. The Morgan fingerprint density at radius 1 is 1.14 bits per heavy atom. The molecule has 0 radical (unpaired) electrons. The van der Waals surface area contributed by atoms with Gasteiger partial charge in [0.05, 0.1) is 25.6 Å². The lowest BCUT2D eigenvalue weighted by Gasteiger charge is -2.27. The van der Waals surface area contributed by atoms with Gasteiger partial charge in [-0.25, -0.2) is 4.79 Å². The number of methoxy groups -OCH3 is 2. The van der Waals surface area contributed by atoms with Crippen LogP contribution in [0.25, 0.3) is 0 Å². The lowest BCUT2D eigenvalue weighted by Crippen LogP contribution is -2.49. The minimum atomic E-state index is -1.35. The van der Waals surface area contributed by atoms with Crippen molar-refractivity contribution in [1.29, 1.82) is 0 Å². The molecule has 29 heavy (non-hydrogen) atoms. The van der Waals surface area contributed by atoms with Crippen molar-refractivity contribution in [2.75, 3.05) is 14.2 Å². The standard InChI is InChI=1S/C19H26N2O8/c1-11(2)9-15(22)18(24)20-17(19(25)29-4)14(10-16(23)28-3)12-5-7-13(8-6-12)21(26)27/h5-8,11,14-15,17,22H,9-10H2,1-4H3,(H,20,24)/t14-,15+,17+/m0/s1. The van der Waals surface area contributed by atoms with Gasteiger partial charge in [-0.05, 0) is 17.9 Å². The van der Waals surface area contributed by atoms with Gasteiger partial charge < -0.3 is 19.9 Å². The van der Waals surface area contributed by atoms with E-state index in [0.29, 0.717) is 5.56 Å². The molecule has 0 unspecified atom stereocenters. The molecule has 0 spiro atoms. The Bertz CT molecular complexity index is 732. The minimum Gasteiger partial charge on any atom is -0.469 e. The van der Waals surface area contributed by atoms with Crippen molar-refractivity contribution in [2.24, 2.45) is 5.92 Å². The van der Waals surface area contributed by atoms with Crippen LogP contribution in [-0.4, -0.2) is 54.2 Å². The van der Waals surface area contributed by atoms with Gasteiger partial charge in [0.25, 0.3) is 5.69 Å². The molecule has 0 saturated heterocycles. The van der Waals surface area contributed by atoms with E-state index < -0.39 is 40.8 Å². The van der Waals surface area contributed by atoms with Gasteiger partial charge in [0, 0.05) is 18.1 Å². The summed E-state index contributed by atoms with van der Waals surface area (Å²) >= 11 is 0. The van der Waals surface area contributed by atoms with Crippen molar-refractivity contribution in [3.63, 3.8) is 0 Å². The molecule has 10 nitrogen and oxygen atoms in total. The van der Waals surface area contributed by atoms with E-state index >= 15 is 0 Å². The lowest BCUT2D eigenvalue weighted by molar-refractivity contribution is -0.384. The second-order valence-corrected chi connectivity index (χ2v) is 6.89. The van der Waals surface area contributed by atoms with Crippen LogP contribution in [0, 0.1) is 16.0 Å². The summed E-state index contributed by atoms with van der Waals surface area (Å²) in [4.78, 5) is 46.9. The fourth-order valence-electron chi connectivity index (χ4n) is 2.79. The first-order valence-corrected chi connectivity index (χ1v) is 8.98. The molecule has 160 valence electrons. The van der Waals surface area contributed by atoms with E-state index in [1.807, 2.05) is 13.8 Å². The zero-order valence-corrected chi connectivity index (χ0v) is 16.8. The van der Waals surface area contributed by atoms with E-state index in [1.54, 1.807) is 0 Å². The topological polar surface area (TPSA) is 145 Å². The van der Waals surface area contributed by atoms with Crippen LogP contribution in [-0.2, 0) is 23.9 Å². The van der Waals surface area contributed by atoms with Crippen molar-refractivity contribution < 1.29 is 33.9 Å². The number of carbonyl (C=O) groups is 3. The Labute approximate surface area is 168 Å². The normalized spacial score (nSPS) is 13.9. The molecule has 0 bridgehead atoms. The van der Waals surface area contributed by atoms with Crippen LogP contribution < -0.4 is 5.32 Å². The number of non-ortho nitro benzene ring substituents is 1. The number of hydrogen-bond donors (Lipinski definition) is 2. The van der Waals surface area contributed by atoms with Crippen molar-refractivity contribution in [3.05, 3.63) is 39.9 Å². The van der Waals surface area contributed by atoms with Gasteiger partial charge in [-0.15, -0.1) is 0 Å². The highest BCUT2D eigenvalue weighted by molar-refractivity contribution is 5.88. The number of nitrogens with one attached hydrogen (secondary N) is 1. The molecule has 1 aromatic rings. The average Bonchev–Trinajstić information content (AvgIpc) is 2.69. The number of amides is 1. The molecule has 10 heteroatoms. The quantitative estimate of drug-likeness (QED) is 0.334. The van der Waals surface area contributed by atoms with Crippen LogP contribution in [0.5, 0.6) is 0 Å². The molecule has 0 fully saturated rings. The minimum absolute atomic E-state index is 0.0351. The summed E-state index contributed by atoms with van der Waals surface area (Å²) in [5, 5.41) is 23.3. The molecule has 3 atom stereocenters. The Morgan fingerprint density at radius 2 is 1.72 bits per heavy atom. The number of aliphatic hydroxyl groups is 1. The lowest BCUT2D eigenvalue weighted by atomic mass is 9.88. The number of benzene rings is 1. The summed E-state index contributed by atoms with van der Waals surface area (Å²) in [6, 6.07) is 3.92.